The summed E-state index contributed by atoms with van der Waals surface area (Å²) in [7, 11) is -4.03. The summed E-state index contributed by atoms with van der Waals surface area (Å²) in [5.74, 6) is -4.01. The average Bonchev–Trinajstić information content (AvgIpc) is 2.59. The van der Waals surface area contributed by atoms with Gasteiger partial charge in [0.15, 0.2) is 0 Å². The van der Waals surface area contributed by atoms with Gasteiger partial charge in [-0.15, -0.1) is 0 Å². The van der Waals surface area contributed by atoms with Crippen molar-refractivity contribution >= 4 is 25.8 Å². The minimum atomic E-state index is -1.45. The second kappa shape index (κ2) is 2.23. The van der Waals surface area contributed by atoms with Gasteiger partial charge < -0.3 is 0 Å². The van der Waals surface area contributed by atoms with E-state index in [1.54, 1.807) is 0 Å². The monoisotopic (exact) mass is 286 g/mol. The Morgan fingerprint density at radius 2 is 1.31 bits per heavy atom. The molecule has 9 saturated heterocycles. The van der Waals surface area contributed by atoms with Crippen molar-refractivity contribution in [1.82, 2.24) is 0 Å². The van der Waals surface area contributed by atoms with E-state index in [0.29, 0.717) is 0 Å². The van der Waals surface area contributed by atoms with E-state index in [1.807, 2.05) is 0 Å². The van der Waals surface area contributed by atoms with Gasteiger partial charge in [-0.25, -0.2) is 13.6 Å². The lowest BCUT2D eigenvalue weighted by molar-refractivity contribution is -0.533. The van der Waals surface area contributed by atoms with Crippen molar-refractivity contribution in [2.24, 2.45) is 0 Å². The summed E-state index contributed by atoms with van der Waals surface area (Å²) in [6, 6.07) is 0. The summed E-state index contributed by atoms with van der Waals surface area (Å²) < 4.78 is 48.5. The molecule has 1 unspecified atom stereocenters. The lowest BCUT2D eigenvalue weighted by atomic mass is 10.0. The van der Waals surface area contributed by atoms with Gasteiger partial charge in [0.2, 0.25) is 6.29 Å². The molecule has 86 valence electrons. The van der Waals surface area contributed by atoms with Gasteiger partial charge in [-0.2, -0.15) is 0 Å². The van der Waals surface area contributed by atoms with Crippen LogP contribution in [0.2, 0.25) is 0 Å². The highest BCUT2D eigenvalue weighted by atomic mass is 31.2. The summed E-state index contributed by atoms with van der Waals surface area (Å²) in [4.78, 5) is 0. The molecule has 16 heavy (non-hydrogen) atoms. The molecule has 9 aliphatic rings. The largest absolute Gasteiger partial charge is 0.367 e. The summed E-state index contributed by atoms with van der Waals surface area (Å²) in [5.41, 5.74) is 0. The highest BCUT2D eigenvalue weighted by molar-refractivity contribution is 7.46. The predicted octanol–water partition coefficient (Wildman–Crippen LogP) is 1.27. The maximum atomic E-state index is 5.52. The molecule has 9 fully saturated rings. The Morgan fingerprint density at radius 1 is 0.688 bits per heavy atom. The predicted molar refractivity (Wildman–Crippen MR) is 42.5 cm³/mol. The van der Waals surface area contributed by atoms with Crippen molar-refractivity contribution in [3.05, 3.63) is 0 Å². The molecule has 0 N–H and O–H groups in total. The highest BCUT2D eigenvalue weighted by Gasteiger charge is 2.99. The van der Waals surface area contributed by atoms with Gasteiger partial charge in [0.05, 0.1) is 0 Å². The Bertz CT molecular complexity index is 398. The van der Waals surface area contributed by atoms with Crippen molar-refractivity contribution < 1.29 is 40.7 Å². The second-order valence-corrected chi connectivity index (χ2v) is 6.73. The van der Waals surface area contributed by atoms with Crippen LogP contribution in [0.4, 0.5) is 0 Å². The Balaban J connectivity index is 1.53. The molecule has 0 saturated carbocycles. The number of hydrogen-bond acceptors (Lipinski definition) is 9. The van der Waals surface area contributed by atoms with Crippen LogP contribution < -0.4 is 0 Å². The zero-order valence-electron chi connectivity index (χ0n) is 7.09. The van der Waals surface area contributed by atoms with E-state index < -0.39 is 49.6 Å². The zero-order valence-corrected chi connectivity index (χ0v) is 9.78. The highest BCUT2D eigenvalue weighted by Crippen LogP contribution is 2.90. The number of rotatable bonds is 1. The van der Waals surface area contributed by atoms with Gasteiger partial charge >= 0.3 is 37.6 Å². The summed E-state index contributed by atoms with van der Waals surface area (Å²) in [6.45, 7) is 0. The van der Waals surface area contributed by atoms with Crippen molar-refractivity contribution in [3.8, 4) is 0 Å². The van der Waals surface area contributed by atoms with E-state index in [-0.39, 0.29) is 0 Å². The molecule has 9 heterocycles. The number of hydrogen-bond donors (Lipinski definition) is 0. The molecular weight excluding hydrogens is 285 g/mol. The van der Waals surface area contributed by atoms with Crippen molar-refractivity contribution in [3.63, 3.8) is 0 Å². The van der Waals surface area contributed by atoms with E-state index >= 15 is 0 Å². The first kappa shape index (κ1) is 8.93. The Hall–Kier alpha value is 0.930. The fourth-order valence-corrected chi connectivity index (χ4v) is 5.80. The standard InChI is InChI=1S/C4HO9P3/c5-1-2(7-14(5)6-1)3(9-15(8-2)10-3)4-11-16(12-4)13-4/h1H. The van der Waals surface area contributed by atoms with Crippen molar-refractivity contribution in [2.45, 2.75) is 23.8 Å². The van der Waals surface area contributed by atoms with Gasteiger partial charge in [0, 0.05) is 0 Å². The quantitative estimate of drug-likeness (QED) is 0.661. The fraction of sp³-hybridized carbons (Fsp3) is 1.00. The molecule has 9 nitrogen and oxygen atoms in total. The molecule has 0 radical (unpaired) electrons. The maximum absolute atomic E-state index is 5.52. The first-order valence-corrected chi connectivity index (χ1v) is 7.62. The van der Waals surface area contributed by atoms with Crippen molar-refractivity contribution in [2.75, 3.05) is 0 Å². The van der Waals surface area contributed by atoms with Crippen LogP contribution in [-0.4, -0.2) is 23.8 Å². The fourth-order valence-electron chi connectivity index (χ4n) is 2.15. The summed E-state index contributed by atoms with van der Waals surface area (Å²) >= 11 is 0. The Labute approximate surface area is 91.1 Å². The Morgan fingerprint density at radius 3 is 1.81 bits per heavy atom. The van der Waals surface area contributed by atoms with Crippen LogP contribution in [0, 0.1) is 0 Å². The minimum absolute atomic E-state index is 0.675. The SMILES string of the molecule is O1C2OP1OC21OP2OC1(C13OP(O1)O3)O2. The van der Waals surface area contributed by atoms with Crippen LogP contribution in [0.25, 0.3) is 0 Å². The van der Waals surface area contributed by atoms with Crippen LogP contribution >= 0.6 is 25.8 Å². The smallest absolute Gasteiger partial charge is 0.275 e. The molecular formula is C4HO9P3. The Kier molecular flexibility index (Phi) is 1.24. The topological polar surface area (TPSA) is 83.1 Å². The summed E-state index contributed by atoms with van der Waals surface area (Å²) in [5, 5.41) is 0. The van der Waals surface area contributed by atoms with Crippen LogP contribution in [0.5, 0.6) is 0 Å². The molecule has 9 rings (SSSR count). The molecule has 1 atom stereocenters. The van der Waals surface area contributed by atoms with Gasteiger partial charge in [-0.05, 0) is 0 Å². The molecule has 12 heteroatoms. The molecule has 0 aromatic heterocycles. The van der Waals surface area contributed by atoms with E-state index in [1.165, 1.54) is 0 Å². The zero-order chi connectivity index (χ0) is 10.2. The normalized spacial score (nSPS) is 76.5. The molecule has 0 aromatic carbocycles. The maximum Gasteiger partial charge on any atom is 0.367 e. The first-order valence-electron chi connectivity index (χ1n) is 4.33. The van der Waals surface area contributed by atoms with Crippen LogP contribution in [0.3, 0.4) is 0 Å². The molecule has 6 bridgehead atoms. The lowest BCUT2D eigenvalue weighted by Gasteiger charge is -2.62. The first-order chi connectivity index (χ1) is 7.75. The van der Waals surface area contributed by atoms with Gasteiger partial charge in [-0.1, -0.05) is 0 Å². The van der Waals surface area contributed by atoms with E-state index in [4.69, 9.17) is 40.7 Å². The third-order valence-electron chi connectivity index (χ3n) is 2.95. The van der Waals surface area contributed by atoms with E-state index in [0.717, 1.165) is 0 Å². The molecule has 1 spiro atoms. The van der Waals surface area contributed by atoms with Gasteiger partial charge in [0.1, 0.15) is 0 Å². The van der Waals surface area contributed by atoms with Crippen LogP contribution in [-0.2, 0) is 40.7 Å². The van der Waals surface area contributed by atoms with E-state index in [2.05, 4.69) is 0 Å². The molecule has 9 aliphatic heterocycles. The average molecular weight is 286 g/mol. The van der Waals surface area contributed by atoms with Gasteiger partial charge in [-0.3, -0.25) is 27.1 Å². The van der Waals surface area contributed by atoms with Crippen LogP contribution in [0.15, 0.2) is 0 Å². The summed E-state index contributed by atoms with van der Waals surface area (Å²) in [6.07, 6.45) is -0.675. The lowest BCUT2D eigenvalue weighted by Crippen LogP contribution is -2.79. The molecule has 0 aliphatic carbocycles. The third kappa shape index (κ3) is 0.628. The third-order valence-corrected chi connectivity index (χ3v) is 6.49. The second-order valence-electron chi connectivity index (χ2n) is 3.69. The molecule has 0 aromatic rings. The van der Waals surface area contributed by atoms with Crippen molar-refractivity contribution in [1.29, 1.82) is 0 Å². The van der Waals surface area contributed by atoms with Gasteiger partial charge in [0.25, 0.3) is 5.79 Å². The van der Waals surface area contributed by atoms with Crippen LogP contribution in [0.1, 0.15) is 0 Å². The van der Waals surface area contributed by atoms with E-state index in [9.17, 15) is 0 Å². The minimum Gasteiger partial charge on any atom is -0.275 e. The molecule has 0 amide bonds.